The number of guanidine groups is 1. The predicted octanol–water partition coefficient (Wildman–Crippen LogP) is 1.40. The average molecular weight is 397 g/mol. The van der Waals surface area contributed by atoms with Crippen LogP contribution in [0, 0.1) is 0 Å². The van der Waals surface area contributed by atoms with Gasteiger partial charge in [0.05, 0.1) is 25.5 Å². The summed E-state index contributed by atoms with van der Waals surface area (Å²) in [7, 11) is -2.96. The van der Waals surface area contributed by atoms with Crippen molar-refractivity contribution in [2.24, 2.45) is 4.99 Å². The molecule has 0 aromatic heterocycles. The first kappa shape index (κ1) is 21.5. The SMILES string of the molecule is CCNC(=NCc1ccccc1N1CCOCC1)NC(C)CCS(C)(=O)=O. The van der Waals surface area contributed by atoms with Gasteiger partial charge >= 0.3 is 0 Å². The zero-order valence-corrected chi connectivity index (χ0v) is 17.4. The molecule has 0 saturated carbocycles. The Bertz CT molecular complexity index is 715. The maximum absolute atomic E-state index is 11.4. The van der Waals surface area contributed by atoms with E-state index in [9.17, 15) is 8.42 Å². The molecule has 152 valence electrons. The van der Waals surface area contributed by atoms with Crippen molar-refractivity contribution < 1.29 is 13.2 Å². The molecule has 1 aromatic rings. The molecule has 0 aliphatic carbocycles. The Balaban J connectivity index is 2.03. The third-order valence-electron chi connectivity index (χ3n) is 4.40. The summed E-state index contributed by atoms with van der Waals surface area (Å²) in [5, 5.41) is 6.54. The van der Waals surface area contributed by atoms with Crippen LogP contribution in [0.15, 0.2) is 29.3 Å². The molecule has 27 heavy (non-hydrogen) atoms. The molecule has 1 aliphatic rings. The molecule has 1 saturated heterocycles. The second kappa shape index (κ2) is 10.5. The molecular formula is C19H32N4O3S. The molecule has 0 amide bonds. The Hall–Kier alpha value is -1.80. The van der Waals surface area contributed by atoms with Crippen molar-refractivity contribution in [3.63, 3.8) is 0 Å². The number of ether oxygens (including phenoxy) is 1. The van der Waals surface area contributed by atoms with Gasteiger partial charge in [-0.2, -0.15) is 0 Å². The molecule has 1 atom stereocenters. The van der Waals surface area contributed by atoms with Gasteiger partial charge in [-0.3, -0.25) is 0 Å². The van der Waals surface area contributed by atoms with E-state index in [1.165, 1.54) is 17.5 Å². The molecule has 0 bridgehead atoms. The number of aliphatic imine (C=N–C) groups is 1. The highest BCUT2D eigenvalue weighted by atomic mass is 32.2. The van der Waals surface area contributed by atoms with Gasteiger partial charge in [-0.05, 0) is 31.9 Å². The number of nitrogens with zero attached hydrogens (tertiary/aromatic N) is 2. The summed E-state index contributed by atoms with van der Waals surface area (Å²) in [6.07, 6.45) is 1.81. The molecule has 2 rings (SSSR count). The van der Waals surface area contributed by atoms with Crippen LogP contribution in [0.5, 0.6) is 0 Å². The minimum atomic E-state index is -2.96. The Morgan fingerprint density at radius 3 is 2.67 bits per heavy atom. The summed E-state index contributed by atoms with van der Waals surface area (Å²) < 4.78 is 28.2. The Morgan fingerprint density at radius 2 is 2.00 bits per heavy atom. The average Bonchev–Trinajstić information content (AvgIpc) is 2.65. The molecule has 2 N–H and O–H groups in total. The fourth-order valence-corrected chi connectivity index (χ4v) is 3.72. The normalized spacial score (nSPS) is 16.9. The van der Waals surface area contributed by atoms with E-state index in [0.717, 1.165) is 32.8 Å². The van der Waals surface area contributed by atoms with E-state index in [4.69, 9.17) is 9.73 Å². The zero-order valence-electron chi connectivity index (χ0n) is 16.6. The van der Waals surface area contributed by atoms with Crippen molar-refractivity contribution in [2.75, 3.05) is 49.8 Å². The number of hydrogen-bond acceptors (Lipinski definition) is 5. The molecule has 0 radical (unpaired) electrons. The number of hydrogen-bond donors (Lipinski definition) is 2. The molecule has 1 aliphatic heterocycles. The molecule has 0 spiro atoms. The van der Waals surface area contributed by atoms with E-state index in [1.54, 1.807) is 0 Å². The Kier molecular flexibility index (Phi) is 8.37. The lowest BCUT2D eigenvalue weighted by molar-refractivity contribution is 0.122. The van der Waals surface area contributed by atoms with Crippen molar-refractivity contribution >= 4 is 21.5 Å². The van der Waals surface area contributed by atoms with Gasteiger partial charge in [-0.1, -0.05) is 18.2 Å². The summed E-state index contributed by atoms with van der Waals surface area (Å²) in [5.41, 5.74) is 2.37. The smallest absolute Gasteiger partial charge is 0.191 e. The van der Waals surface area contributed by atoms with Gasteiger partial charge in [0.25, 0.3) is 0 Å². The maximum atomic E-state index is 11.4. The fraction of sp³-hybridized carbons (Fsp3) is 0.632. The van der Waals surface area contributed by atoms with Crippen LogP contribution in [0.4, 0.5) is 5.69 Å². The predicted molar refractivity (Wildman–Crippen MR) is 111 cm³/mol. The van der Waals surface area contributed by atoms with Gasteiger partial charge in [0.2, 0.25) is 0 Å². The number of rotatable bonds is 8. The lowest BCUT2D eigenvalue weighted by atomic mass is 10.1. The second-order valence-electron chi connectivity index (χ2n) is 6.89. The van der Waals surface area contributed by atoms with E-state index in [0.29, 0.717) is 18.9 Å². The summed E-state index contributed by atoms with van der Waals surface area (Å²) in [6, 6.07) is 8.33. The zero-order chi connectivity index (χ0) is 19.7. The van der Waals surface area contributed by atoms with E-state index >= 15 is 0 Å². The third-order valence-corrected chi connectivity index (χ3v) is 5.38. The number of nitrogens with one attached hydrogen (secondary N) is 2. The van der Waals surface area contributed by atoms with Crippen LogP contribution >= 0.6 is 0 Å². The molecule has 1 unspecified atom stereocenters. The van der Waals surface area contributed by atoms with Gasteiger partial charge < -0.3 is 20.3 Å². The van der Waals surface area contributed by atoms with Gasteiger partial charge in [0.15, 0.2) is 5.96 Å². The first-order valence-electron chi connectivity index (χ1n) is 9.52. The van der Waals surface area contributed by atoms with Crippen LogP contribution in [-0.4, -0.2) is 65.3 Å². The number of morpholine rings is 1. The molecule has 7 nitrogen and oxygen atoms in total. The molecular weight excluding hydrogens is 364 g/mol. The summed E-state index contributed by atoms with van der Waals surface area (Å²) in [4.78, 5) is 7.05. The first-order valence-corrected chi connectivity index (χ1v) is 11.6. The lowest BCUT2D eigenvalue weighted by Gasteiger charge is -2.30. The topological polar surface area (TPSA) is 83.0 Å². The van der Waals surface area contributed by atoms with Crippen molar-refractivity contribution in [2.45, 2.75) is 32.9 Å². The van der Waals surface area contributed by atoms with Gasteiger partial charge in [-0.15, -0.1) is 0 Å². The largest absolute Gasteiger partial charge is 0.378 e. The van der Waals surface area contributed by atoms with Crippen molar-refractivity contribution in [1.82, 2.24) is 10.6 Å². The number of anilines is 1. The standard InChI is InChI=1S/C19H32N4O3S/c1-4-20-19(22-16(2)9-14-27(3,24)25)21-15-17-7-5-6-8-18(17)23-10-12-26-13-11-23/h5-8,16H,4,9-15H2,1-3H3,(H2,20,21,22). The number of sulfone groups is 1. The van der Waals surface area contributed by atoms with Crippen LogP contribution in [0.3, 0.4) is 0 Å². The minimum Gasteiger partial charge on any atom is -0.378 e. The summed E-state index contributed by atoms with van der Waals surface area (Å²) >= 11 is 0. The number of para-hydroxylation sites is 1. The molecule has 1 heterocycles. The van der Waals surface area contributed by atoms with Crippen molar-refractivity contribution in [1.29, 1.82) is 0 Å². The van der Waals surface area contributed by atoms with Crippen LogP contribution in [0.25, 0.3) is 0 Å². The quantitative estimate of drug-likeness (QED) is 0.511. The van der Waals surface area contributed by atoms with Gasteiger partial charge in [0, 0.05) is 37.6 Å². The van der Waals surface area contributed by atoms with E-state index in [1.807, 2.05) is 19.9 Å². The van der Waals surface area contributed by atoms with E-state index in [-0.39, 0.29) is 11.8 Å². The maximum Gasteiger partial charge on any atom is 0.191 e. The third kappa shape index (κ3) is 7.76. The van der Waals surface area contributed by atoms with Crippen LogP contribution in [-0.2, 0) is 21.1 Å². The second-order valence-corrected chi connectivity index (χ2v) is 9.15. The lowest BCUT2D eigenvalue weighted by Crippen LogP contribution is -2.42. The Labute approximate surface area is 163 Å². The highest BCUT2D eigenvalue weighted by Gasteiger charge is 2.14. The van der Waals surface area contributed by atoms with Crippen molar-refractivity contribution in [3.8, 4) is 0 Å². The first-order chi connectivity index (χ1) is 12.9. The van der Waals surface area contributed by atoms with Crippen LogP contribution in [0.2, 0.25) is 0 Å². The fourth-order valence-electron chi connectivity index (χ4n) is 2.94. The monoisotopic (exact) mass is 396 g/mol. The van der Waals surface area contributed by atoms with Crippen LogP contribution in [0.1, 0.15) is 25.8 Å². The van der Waals surface area contributed by atoms with Crippen LogP contribution < -0.4 is 15.5 Å². The van der Waals surface area contributed by atoms with E-state index in [2.05, 4.69) is 33.7 Å². The number of benzene rings is 1. The van der Waals surface area contributed by atoms with Gasteiger partial charge in [-0.25, -0.2) is 13.4 Å². The minimum absolute atomic E-state index is 0.0204. The molecule has 1 fully saturated rings. The molecule has 1 aromatic carbocycles. The Morgan fingerprint density at radius 1 is 1.30 bits per heavy atom. The summed E-state index contributed by atoms with van der Waals surface area (Å²) in [6.45, 7) is 8.57. The highest BCUT2D eigenvalue weighted by Crippen LogP contribution is 2.22. The molecule has 8 heteroatoms. The van der Waals surface area contributed by atoms with E-state index < -0.39 is 9.84 Å². The van der Waals surface area contributed by atoms with Crippen molar-refractivity contribution in [3.05, 3.63) is 29.8 Å². The van der Waals surface area contributed by atoms with Gasteiger partial charge in [0.1, 0.15) is 9.84 Å². The summed E-state index contributed by atoms with van der Waals surface area (Å²) in [5.74, 6) is 0.871. The highest BCUT2D eigenvalue weighted by molar-refractivity contribution is 7.90.